The molecule has 1 aliphatic rings. The highest BCUT2D eigenvalue weighted by Gasteiger charge is 2.21. The number of hydrogen-bond donors (Lipinski definition) is 2. The molecule has 5 aromatic rings. The largest absolute Gasteiger partial charge is 0.349 e. The van der Waals surface area contributed by atoms with Crippen LogP contribution in [0.3, 0.4) is 0 Å². The minimum absolute atomic E-state index is 0.0614. The number of rotatable bonds is 5. The Kier molecular flexibility index (Phi) is 5.25. The molecule has 0 bridgehead atoms. The van der Waals surface area contributed by atoms with E-state index in [1.165, 1.54) is 0 Å². The normalized spacial score (nSPS) is 15.1. The molecule has 0 fully saturated rings. The van der Waals surface area contributed by atoms with Gasteiger partial charge in [0.25, 0.3) is 5.91 Å². The van der Waals surface area contributed by atoms with Crippen molar-refractivity contribution >= 4 is 17.1 Å². The van der Waals surface area contributed by atoms with Crippen molar-refractivity contribution in [2.75, 3.05) is 0 Å². The van der Waals surface area contributed by atoms with E-state index >= 15 is 0 Å². The predicted molar refractivity (Wildman–Crippen MR) is 133 cm³/mol. The van der Waals surface area contributed by atoms with Crippen LogP contribution >= 0.6 is 0 Å². The predicted octanol–water partition coefficient (Wildman–Crippen LogP) is 3.38. The fraction of sp³-hybridized carbons (Fsp3) is 0.185. The number of fused-ring (bicyclic) bond motifs is 2. The maximum Gasteiger partial charge on any atom is 0.327 e. The van der Waals surface area contributed by atoms with Crippen LogP contribution in [-0.2, 0) is 19.5 Å². The van der Waals surface area contributed by atoms with Gasteiger partial charge in [0, 0.05) is 48.7 Å². The number of benzene rings is 2. The van der Waals surface area contributed by atoms with Crippen molar-refractivity contribution in [3.63, 3.8) is 0 Å². The zero-order valence-electron chi connectivity index (χ0n) is 19.0. The lowest BCUT2D eigenvalue weighted by Gasteiger charge is -2.24. The Hall–Kier alpha value is -4.46. The van der Waals surface area contributed by atoms with Crippen molar-refractivity contribution in [1.29, 1.82) is 0 Å². The van der Waals surface area contributed by atoms with Crippen molar-refractivity contribution in [2.24, 2.45) is 0 Å². The lowest BCUT2D eigenvalue weighted by molar-refractivity contribution is 0.0930. The second-order valence-corrected chi connectivity index (χ2v) is 8.87. The molecule has 2 aromatic carbocycles. The highest BCUT2D eigenvalue weighted by atomic mass is 16.2. The molecule has 2 N–H and O–H groups in total. The molecule has 8 nitrogen and oxygen atoms in total. The Morgan fingerprint density at radius 1 is 1.06 bits per heavy atom. The van der Waals surface area contributed by atoms with E-state index in [0.717, 1.165) is 47.4 Å². The smallest absolute Gasteiger partial charge is 0.327 e. The van der Waals surface area contributed by atoms with Crippen molar-refractivity contribution in [1.82, 2.24) is 29.4 Å². The Labute approximate surface area is 201 Å². The summed E-state index contributed by atoms with van der Waals surface area (Å²) >= 11 is 0. The van der Waals surface area contributed by atoms with Gasteiger partial charge in [-0.05, 0) is 35.7 Å². The van der Waals surface area contributed by atoms with Gasteiger partial charge in [0.05, 0.1) is 12.1 Å². The van der Waals surface area contributed by atoms with Gasteiger partial charge >= 0.3 is 5.69 Å². The number of aromatic amines is 1. The summed E-state index contributed by atoms with van der Waals surface area (Å²) in [6.45, 7) is 1.31. The van der Waals surface area contributed by atoms with E-state index in [9.17, 15) is 9.59 Å². The minimum atomic E-state index is -0.199. The fourth-order valence-electron chi connectivity index (χ4n) is 4.70. The summed E-state index contributed by atoms with van der Waals surface area (Å²) in [6, 6.07) is 19.4. The van der Waals surface area contributed by atoms with Gasteiger partial charge in [-0.2, -0.15) is 0 Å². The Morgan fingerprint density at radius 3 is 2.83 bits per heavy atom. The fourth-order valence-corrected chi connectivity index (χ4v) is 4.70. The summed E-state index contributed by atoms with van der Waals surface area (Å²) in [4.78, 5) is 37.3. The van der Waals surface area contributed by atoms with Crippen LogP contribution in [0.1, 0.15) is 28.2 Å². The highest BCUT2D eigenvalue weighted by Crippen LogP contribution is 2.23. The first kappa shape index (κ1) is 21.1. The van der Waals surface area contributed by atoms with Gasteiger partial charge < -0.3 is 9.88 Å². The lowest BCUT2D eigenvalue weighted by Crippen LogP contribution is -2.40. The van der Waals surface area contributed by atoms with Crippen molar-refractivity contribution in [2.45, 2.75) is 32.0 Å². The molecule has 6 rings (SSSR count). The van der Waals surface area contributed by atoms with Crippen molar-refractivity contribution in [3.05, 3.63) is 107 Å². The third kappa shape index (κ3) is 4.14. The first-order chi connectivity index (χ1) is 17.1. The van der Waals surface area contributed by atoms with Crippen LogP contribution in [0.2, 0.25) is 0 Å². The van der Waals surface area contributed by atoms with Gasteiger partial charge in [0.1, 0.15) is 5.82 Å². The monoisotopic (exact) mass is 464 g/mol. The number of amides is 1. The van der Waals surface area contributed by atoms with Gasteiger partial charge in [-0.25, -0.2) is 14.8 Å². The second-order valence-electron chi connectivity index (χ2n) is 8.87. The summed E-state index contributed by atoms with van der Waals surface area (Å²) in [5.74, 6) is 0.899. The molecule has 0 aliphatic carbocycles. The number of imidazole rings is 2. The molecule has 4 heterocycles. The number of hydrogen-bond acceptors (Lipinski definition) is 4. The molecule has 0 radical (unpaired) electrons. The van der Waals surface area contributed by atoms with E-state index in [-0.39, 0.29) is 17.6 Å². The molecule has 1 atom stereocenters. The van der Waals surface area contributed by atoms with Gasteiger partial charge in [-0.15, -0.1) is 0 Å². The van der Waals surface area contributed by atoms with Crippen LogP contribution in [0.5, 0.6) is 0 Å². The summed E-state index contributed by atoms with van der Waals surface area (Å²) in [5, 5.41) is 3.16. The average molecular weight is 465 g/mol. The molecule has 0 saturated heterocycles. The van der Waals surface area contributed by atoms with E-state index in [1.54, 1.807) is 17.0 Å². The standard InChI is InChI=1S/C27H24N6O2/c34-26(30-22-9-11-32-12-10-28-24(32)15-22)20-8-4-7-19(13-20)21-14-23-25(29-16-21)31-27(35)33(23)17-18-5-2-1-3-6-18/h1-8,10,12-14,16,22H,9,11,15,17H2,(H,30,34)(H,29,31,35). The van der Waals surface area contributed by atoms with Gasteiger partial charge in [-0.1, -0.05) is 42.5 Å². The molecule has 3 aromatic heterocycles. The SMILES string of the molecule is O=C(NC1CCn2ccnc2C1)c1cccc(-c2cnc3[nH]c(=O)n(Cc4ccccc4)c3c2)c1. The molecule has 8 heteroatoms. The maximum atomic E-state index is 13.0. The van der Waals surface area contributed by atoms with Gasteiger partial charge in [-0.3, -0.25) is 14.3 Å². The number of carbonyl (C=O) groups excluding carboxylic acids is 1. The molecule has 1 aliphatic heterocycles. The lowest BCUT2D eigenvalue weighted by atomic mass is 10.0. The first-order valence-electron chi connectivity index (χ1n) is 11.7. The Morgan fingerprint density at radius 2 is 1.94 bits per heavy atom. The van der Waals surface area contributed by atoms with Crippen LogP contribution in [0, 0.1) is 0 Å². The number of nitrogens with zero attached hydrogens (tertiary/aromatic N) is 4. The first-order valence-corrected chi connectivity index (χ1v) is 11.7. The quantitative estimate of drug-likeness (QED) is 0.417. The third-order valence-electron chi connectivity index (χ3n) is 6.55. The molecule has 174 valence electrons. The summed E-state index contributed by atoms with van der Waals surface area (Å²) in [5.41, 5.74) is 4.40. The number of carbonyl (C=O) groups is 1. The third-order valence-corrected chi connectivity index (χ3v) is 6.55. The van der Waals surface area contributed by atoms with Crippen LogP contribution in [-0.4, -0.2) is 36.0 Å². The Bertz CT molecular complexity index is 1580. The minimum Gasteiger partial charge on any atom is -0.349 e. The average Bonchev–Trinajstić information content (AvgIpc) is 3.48. The zero-order chi connectivity index (χ0) is 23.8. The molecule has 35 heavy (non-hydrogen) atoms. The zero-order valence-corrected chi connectivity index (χ0v) is 19.0. The Balaban J connectivity index is 1.26. The van der Waals surface area contributed by atoms with Crippen molar-refractivity contribution in [3.8, 4) is 11.1 Å². The number of nitrogens with one attached hydrogen (secondary N) is 2. The topological polar surface area (TPSA) is 97.6 Å². The molecular weight excluding hydrogens is 440 g/mol. The van der Waals surface area contributed by atoms with E-state index in [4.69, 9.17) is 0 Å². The molecule has 0 spiro atoms. The van der Waals surface area contributed by atoms with Crippen LogP contribution in [0.25, 0.3) is 22.3 Å². The molecule has 1 unspecified atom stereocenters. The van der Waals surface area contributed by atoms with E-state index in [0.29, 0.717) is 17.8 Å². The number of aromatic nitrogens is 5. The van der Waals surface area contributed by atoms with E-state index in [1.807, 2.05) is 66.9 Å². The van der Waals surface area contributed by atoms with E-state index < -0.39 is 0 Å². The maximum absolute atomic E-state index is 13.0. The van der Waals surface area contributed by atoms with Crippen LogP contribution in [0.15, 0.2) is 84.0 Å². The molecule has 1 amide bonds. The molecular formula is C27H24N6O2. The molecule has 0 saturated carbocycles. The summed E-state index contributed by atoms with van der Waals surface area (Å²) < 4.78 is 3.81. The van der Waals surface area contributed by atoms with Crippen molar-refractivity contribution < 1.29 is 4.79 Å². The number of pyridine rings is 1. The summed E-state index contributed by atoms with van der Waals surface area (Å²) in [6.07, 6.45) is 7.11. The van der Waals surface area contributed by atoms with Crippen LogP contribution in [0.4, 0.5) is 0 Å². The van der Waals surface area contributed by atoms with Crippen LogP contribution < -0.4 is 11.0 Å². The van der Waals surface area contributed by atoms with E-state index in [2.05, 4.69) is 24.8 Å². The van der Waals surface area contributed by atoms with Gasteiger partial charge in [0.15, 0.2) is 5.65 Å². The second kappa shape index (κ2) is 8.72. The highest BCUT2D eigenvalue weighted by molar-refractivity contribution is 5.95. The number of H-pyrrole nitrogens is 1. The van der Waals surface area contributed by atoms with Gasteiger partial charge in [0.2, 0.25) is 0 Å². The summed E-state index contributed by atoms with van der Waals surface area (Å²) in [7, 11) is 0. The number of aryl methyl sites for hydroxylation is 1.